The molecule has 0 amide bonds. The van der Waals surface area contributed by atoms with E-state index in [4.69, 9.17) is 5.73 Å². The summed E-state index contributed by atoms with van der Waals surface area (Å²) in [4.78, 5) is 0. The van der Waals surface area contributed by atoms with E-state index in [1.165, 1.54) is 24.0 Å². The fraction of sp³-hybridized carbons (Fsp3) is 0.571. The lowest BCUT2D eigenvalue weighted by Gasteiger charge is -2.26. The molecule has 82 valence electrons. The lowest BCUT2D eigenvalue weighted by atomic mass is 9.79. The molecule has 1 aliphatic rings. The fourth-order valence-electron chi connectivity index (χ4n) is 2.33. The molecule has 1 aromatic rings. The Morgan fingerprint density at radius 1 is 1.20 bits per heavy atom. The van der Waals surface area contributed by atoms with Crippen molar-refractivity contribution in [3.05, 3.63) is 35.4 Å². The average Bonchev–Trinajstić information content (AvgIpc) is 2.97. The Morgan fingerprint density at radius 2 is 1.80 bits per heavy atom. The van der Waals surface area contributed by atoms with Gasteiger partial charge in [-0.3, -0.25) is 0 Å². The molecule has 1 saturated carbocycles. The van der Waals surface area contributed by atoms with Crippen LogP contribution in [0.3, 0.4) is 0 Å². The van der Waals surface area contributed by atoms with Crippen LogP contribution in [-0.2, 0) is 10.8 Å². The smallest absolute Gasteiger partial charge is 0.00791 e. The fourth-order valence-corrected chi connectivity index (χ4v) is 2.33. The maximum Gasteiger partial charge on any atom is 0.00791 e. The Balaban J connectivity index is 2.48. The molecule has 0 aliphatic heterocycles. The van der Waals surface area contributed by atoms with Gasteiger partial charge in [0, 0.05) is 12.0 Å². The Hall–Kier alpha value is -0.820. The van der Waals surface area contributed by atoms with Crippen LogP contribution in [-0.4, -0.2) is 6.54 Å². The Bertz CT molecular complexity index is 356. The van der Waals surface area contributed by atoms with Crippen molar-refractivity contribution in [2.24, 2.45) is 5.73 Å². The largest absolute Gasteiger partial charge is 0.330 e. The van der Waals surface area contributed by atoms with Gasteiger partial charge in [0.05, 0.1) is 0 Å². The molecule has 1 fully saturated rings. The molecule has 0 unspecified atom stereocenters. The normalized spacial score (nSPS) is 18.9. The van der Waals surface area contributed by atoms with Crippen LogP contribution < -0.4 is 5.73 Å². The van der Waals surface area contributed by atoms with E-state index >= 15 is 0 Å². The molecule has 0 atom stereocenters. The first-order valence-electron chi connectivity index (χ1n) is 5.80. The summed E-state index contributed by atoms with van der Waals surface area (Å²) in [6.07, 6.45) is 2.52. The van der Waals surface area contributed by atoms with Crippen molar-refractivity contribution in [3.8, 4) is 0 Å². The van der Waals surface area contributed by atoms with Gasteiger partial charge in [-0.2, -0.15) is 0 Å². The third-order valence-corrected chi connectivity index (χ3v) is 3.55. The van der Waals surface area contributed by atoms with Crippen LogP contribution in [0, 0.1) is 0 Å². The quantitative estimate of drug-likeness (QED) is 0.785. The monoisotopic (exact) mass is 203 g/mol. The molecule has 2 N–H and O–H groups in total. The van der Waals surface area contributed by atoms with E-state index in [1.807, 2.05) is 0 Å². The van der Waals surface area contributed by atoms with Gasteiger partial charge >= 0.3 is 0 Å². The lowest BCUT2D eigenvalue weighted by molar-refractivity contribution is 0.565. The molecule has 1 nitrogen and oxygen atoms in total. The van der Waals surface area contributed by atoms with Crippen molar-refractivity contribution in [2.75, 3.05) is 6.54 Å². The van der Waals surface area contributed by atoms with Gasteiger partial charge in [0.2, 0.25) is 0 Å². The number of hydrogen-bond donors (Lipinski definition) is 1. The standard InChI is InChI=1S/C14H21N/c1-13(2,3)11-6-4-5-7-12(11)14(10-15)8-9-14/h4-7H,8-10,15H2,1-3H3. The van der Waals surface area contributed by atoms with Gasteiger partial charge in [0.15, 0.2) is 0 Å². The highest BCUT2D eigenvalue weighted by atomic mass is 14.7. The molecule has 0 spiro atoms. The molecule has 1 aliphatic carbocycles. The van der Waals surface area contributed by atoms with Crippen LogP contribution in [0.5, 0.6) is 0 Å². The first-order valence-corrected chi connectivity index (χ1v) is 5.80. The minimum atomic E-state index is 0.224. The molecule has 0 aromatic heterocycles. The second-order valence-corrected chi connectivity index (χ2v) is 5.78. The number of hydrogen-bond acceptors (Lipinski definition) is 1. The van der Waals surface area contributed by atoms with Crippen LogP contribution in [0.15, 0.2) is 24.3 Å². The summed E-state index contributed by atoms with van der Waals surface area (Å²) in [7, 11) is 0. The molecule has 0 saturated heterocycles. The zero-order valence-corrected chi connectivity index (χ0v) is 10.0. The topological polar surface area (TPSA) is 26.0 Å². The molecule has 2 rings (SSSR count). The van der Waals surface area contributed by atoms with Gasteiger partial charge in [-0.1, -0.05) is 45.0 Å². The maximum atomic E-state index is 5.91. The highest BCUT2D eigenvalue weighted by Crippen LogP contribution is 2.50. The number of rotatable bonds is 2. The molecule has 0 radical (unpaired) electrons. The summed E-state index contributed by atoms with van der Waals surface area (Å²) in [5, 5.41) is 0. The predicted octanol–water partition coefficient (Wildman–Crippen LogP) is 2.97. The molecule has 0 bridgehead atoms. The van der Waals surface area contributed by atoms with Gasteiger partial charge in [-0.25, -0.2) is 0 Å². The average molecular weight is 203 g/mol. The summed E-state index contributed by atoms with van der Waals surface area (Å²) in [5.41, 5.74) is 9.40. The summed E-state index contributed by atoms with van der Waals surface area (Å²) in [6, 6.07) is 8.79. The highest BCUT2D eigenvalue weighted by molar-refractivity contribution is 5.42. The molecule has 15 heavy (non-hydrogen) atoms. The van der Waals surface area contributed by atoms with Crippen molar-refractivity contribution in [2.45, 2.75) is 44.4 Å². The molecule has 1 heteroatoms. The van der Waals surface area contributed by atoms with E-state index in [0.29, 0.717) is 5.41 Å². The zero-order valence-electron chi connectivity index (χ0n) is 10.0. The second kappa shape index (κ2) is 3.34. The number of nitrogens with two attached hydrogens (primary N) is 1. The van der Waals surface area contributed by atoms with E-state index in [0.717, 1.165) is 6.54 Å². The zero-order chi connectivity index (χ0) is 11.1. The highest BCUT2D eigenvalue weighted by Gasteiger charge is 2.44. The molecule has 0 heterocycles. The van der Waals surface area contributed by atoms with E-state index < -0.39 is 0 Å². The number of benzene rings is 1. The van der Waals surface area contributed by atoms with Gasteiger partial charge in [-0.15, -0.1) is 0 Å². The second-order valence-electron chi connectivity index (χ2n) is 5.78. The first-order chi connectivity index (χ1) is 6.99. The van der Waals surface area contributed by atoms with Crippen LogP contribution in [0.2, 0.25) is 0 Å². The van der Waals surface area contributed by atoms with E-state index in [1.54, 1.807) is 0 Å². The van der Waals surface area contributed by atoms with Gasteiger partial charge in [0.1, 0.15) is 0 Å². The summed E-state index contributed by atoms with van der Waals surface area (Å²) >= 11 is 0. The SMILES string of the molecule is CC(C)(C)c1ccccc1C1(CN)CC1. The van der Waals surface area contributed by atoms with E-state index in [9.17, 15) is 0 Å². The molecule has 1 aromatic carbocycles. The van der Waals surface area contributed by atoms with Crippen molar-refractivity contribution in [3.63, 3.8) is 0 Å². The van der Waals surface area contributed by atoms with E-state index in [2.05, 4.69) is 45.0 Å². The third-order valence-electron chi connectivity index (χ3n) is 3.55. The van der Waals surface area contributed by atoms with Crippen molar-refractivity contribution in [1.29, 1.82) is 0 Å². The van der Waals surface area contributed by atoms with Crippen LogP contribution >= 0.6 is 0 Å². The first kappa shape index (κ1) is 10.7. The van der Waals surface area contributed by atoms with Crippen LogP contribution in [0.25, 0.3) is 0 Å². The minimum absolute atomic E-state index is 0.224. The summed E-state index contributed by atoms with van der Waals surface area (Å²) in [5.74, 6) is 0. The van der Waals surface area contributed by atoms with Gasteiger partial charge < -0.3 is 5.73 Å². The summed E-state index contributed by atoms with van der Waals surface area (Å²) < 4.78 is 0. The Labute approximate surface area is 92.7 Å². The summed E-state index contributed by atoms with van der Waals surface area (Å²) in [6.45, 7) is 7.62. The van der Waals surface area contributed by atoms with E-state index in [-0.39, 0.29) is 5.41 Å². The van der Waals surface area contributed by atoms with Crippen molar-refractivity contribution >= 4 is 0 Å². The van der Waals surface area contributed by atoms with Crippen molar-refractivity contribution < 1.29 is 0 Å². The molecular formula is C14H21N. The Kier molecular flexibility index (Phi) is 2.38. The minimum Gasteiger partial charge on any atom is -0.330 e. The molecular weight excluding hydrogens is 182 g/mol. The van der Waals surface area contributed by atoms with Gasteiger partial charge in [0.25, 0.3) is 0 Å². The maximum absolute atomic E-state index is 5.91. The van der Waals surface area contributed by atoms with Crippen LogP contribution in [0.4, 0.5) is 0 Å². The predicted molar refractivity (Wildman–Crippen MR) is 65.1 cm³/mol. The van der Waals surface area contributed by atoms with Crippen molar-refractivity contribution in [1.82, 2.24) is 0 Å². The van der Waals surface area contributed by atoms with Crippen LogP contribution in [0.1, 0.15) is 44.7 Å². The Morgan fingerprint density at radius 3 is 2.27 bits per heavy atom. The van der Waals surface area contributed by atoms with Gasteiger partial charge in [-0.05, 0) is 29.4 Å². The third kappa shape index (κ3) is 1.81. The lowest BCUT2D eigenvalue weighted by Crippen LogP contribution is -2.25.